The number of hydrogen-bond acceptors (Lipinski definition) is 2. The summed E-state index contributed by atoms with van der Waals surface area (Å²) in [6.07, 6.45) is 10.4. The summed E-state index contributed by atoms with van der Waals surface area (Å²) in [5, 5.41) is 0. The highest BCUT2D eigenvalue weighted by molar-refractivity contribution is 4.98. The van der Waals surface area contributed by atoms with E-state index in [2.05, 4.69) is 29.5 Å². The van der Waals surface area contributed by atoms with Gasteiger partial charge in [0.2, 0.25) is 0 Å². The van der Waals surface area contributed by atoms with Gasteiger partial charge in [-0.3, -0.25) is 4.90 Å². The van der Waals surface area contributed by atoms with Crippen LogP contribution in [0, 0.1) is 0 Å². The molecular weight excluding hydrogens is 196 g/mol. The summed E-state index contributed by atoms with van der Waals surface area (Å²) in [5.41, 5.74) is 0.473. The average Bonchev–Trinajstić information content (AvgIpc) is 2.31. The number of likely N-dealkylation sites (N-methyl/N-ethyl adjacent to an activating group) is 1. The monoisotopic (exact) mass is 222 g/mol. The molecule has 16 heavy (non-hydrogen) atoms. The summed E-state index contributed by atoms with van der Waals surface area (Å²) in [6.45, 7) is 8.95. The Kier molecular flexibility index (Phi) is 4.04. The molecule has 0 spiro atoms. The molecule has 2 rings (SSSR count). The Bertz CT molecular complexity index is 223. The molecule has 0 bridgehead atoms. The lowest BCUT2D eigenvalue weighted by atomic mass is 9.77. The Morgan fingerprint density at radius 2 is 1.69 bits per heavy atom. The largest absolute Gasteiger partial charge is 0.304 e. The van der Waals surface area contributed by atoms with Gasteiger partial charge in [-0.05, 0) is 26.3 Å². The number of hydrogen-bond donors (Lipinski definition) is 0. The molecule has 2 heteroatoms. The molecule has 2 nitrogen and oxygen atoms in total. The zero-order valence-electron chi connectivity index (χ0n) is 10.7. The molecule has 1 aliphatic heterocycles. The minimum absolute atomic E-state index is 0.473. The van der Waals surface area contributed by atoms with Crippen molar-refractivity contribution in [3.63, 3.8) is 0 Å². The molecule has 2 aliphatic rings. The Hall–Kier alpha value is -0.340. The van der Waals surface area contributed by atoms with Gasteiger partial charge >= 0.3 is 0 Å². The van der Waals surface area contributed by atoms with Crippen LogP contribution < -0.4 is 0 Å². The summed E-state index contributed by atoms with van der Waals surface area (Å²) in [4.78, 5) is 5.20. The van der Waals surface area contributed by atoms with Gasteiger partial charge in [-0.15, -0.1) is 6.58 Å². The Morgan fingerprint density at radius 1 is 1.06 bits per heavy atom. The van der Waals surface area contributed by atoms with E-state index in [-0.39, 0.29) is 0 Å². The van der Waals surface area contributed by atoms with Gasteiger partial charge < -0.3 is 4.90 Å². The van der Waals surface area contributed by atoms with Crippen LogP contribution in [-0.2, 0) is 0 Å². The third-order valence-corrected chi connectivity index (χ3v) is 4.48. The fraction of sp³-hybridized carbons (Fsp3) is 0.857. The smallest absolute Gasteiger partial charge is 0.0244 e. The molecule has 2 fully saturated rings. The van der Waals surface area contributed by atoms with Crippen molar-refractivity contribution < 1.29 is 0 Å². The Labute approximate surface area is 100 Å². The second kappa shape index (κ2) is 5.33. The van der Waals surface area contributed by atoms with E-state index < -0.39 is 0 Å². The second-order valence-corrected chi connectivity index (χ2v) is 5.57. The molecule has 0 aromatic heterocycles. The third-order valence-electron chi connectivity index (χ3n) is 4.48. The van der Waals surface area contributed by atoms with Crippen LogP contribution in [0.1, 0.15) is 38.5 Å². The fourth-order valence-electron chi connectivity index (χ4n) is 3.41. The van der Waals surface area contributed by atoms with Crippen molar-refractivity contribution >= 4 is 0 Å². The second-order valence-electron chi connectivity index (χ2n) is 5.57. The molecule has 0 atom stereocenters. The first kappa shape index (κ1) is 12.1. The molecule has 1 aliphatic carbocycles. The van der Waals surface area contributed by atoms with E-state index in [1.54, 1.807) is 0 Å². The van der Waals surface area contributed by atoms with Crippen molar-refractivity contribution in [3.8, 4) is 0 Å². The highest BCUT2D eigenvalue weighted by Gasteiger charge is 2.37. The summed E-state index contributed by atoms with van der Waals surface area (Å²) in [7, 11) is 2.23. The molecular formula is C14H26N2. The van der Waals surface area contributed by atoms with E-state index in [0.717, 1.165) is 0 Å². The molecule has 0 unspecified atom stereocenters. The van der Waals surface area contributed by atoms with Crippen LogP contribution >= 0.6 is 0 Å². The number of nitrogens with zero attached hydrogens (tertiary/aromatic N) is 2. The lowest BCUT2D eigenvalue weighted by molar-refractivity contribution is 0.0153. The zero-order valence-corrected chi connectivity index (χ0v) is 10.7. The van der Waals surface area contributed by atoms with Crippen LogP contribution in [0.3, 0.4) is 0 Å². The van der Waals surface area contributed by atoms with Crippen molar-refractivity contribution in [1.82, 2.24) is 9.80 Å². The average molecular weight is 222 g/mol. The van der Waals surface area contributed by atoms with Crippen LogP contribution in [0.5, 0.6) is 0 Å². The maximum atomic E-state index is 3.97. The highest BCUT2D eigenvalue weighted by atomic mass is 15.3. The Balaban J connectivity index is 2.02. The molecule has 92 valence electrons. The van der Waals surface area contributed by atoms with E-state index in [4.69, 9.17) is 0 Å². The van der Waals surface area contributed by atoms with E-state index >= 15 is 0 Å². The van der Waals surface area contributed by atoms with Gasteiger partial charge in [-0.1, -0.05) is 25.3 Å². The van der Waals surface area contributed by atoms with Crippen LogP contribution in [0.4, 0.5) is 0 Å². The van der Waals surface area contributed by atoms with E-state index in [1.807, 2.05) is 0 Å². The maximum Gasteiger partial charge on any atom is 0.0244 e. The van der Waals surface area contributed by atoms with E-state index in [9.17, 15) is 0 Å². The van der Waals surface area contributed by atoms with Gasteiger partial charge in [-0.2, -0.15) is 0 Å². The summed E-state index contributed by atoms with van der Waals surface area (Å²) in [6, 6.07) is 0. The molecule has 1 saturated carbocycles. The lowest BCUT2D eigenvalue weighted by Gasteiger charge is -2.49. The topological polar surface area (TPSA) is 6.48 Å². The van der Waals surface area contributed by atoms with Crippen molar-refractivity contribution in [2.24, 2.45) is 0 Å². The SMILES string of the molecule is C=CCC1(N2CCN(C)CC2)CCCCC1. The van der Waals surface area contributed by atoms with Crippen LogP contribution in [-0.4, -0.2) is 48.6 Å². The van der Waals surface area contributed by atoms with Crippen molar-refractivity contribution in [2.45, 2.75) is 44.1 Å². The van der Waals surface area contributed by atoms with Gasteiger partial charge in [0.05, 0.1) is 0 Å². The summed E-state index contributed by atoms with van der Waals surface area (Å²) < 4.78 is 0. The first-order valence-corrected chi connectivity index (χ1v) is 6.81. The minimum Gasteiger partial charge on any atom is -0.304 e. The molecule has 0 aromatic carbocycles. The van der Waals surface area contributed by atoms with Crippen molar-refractivity contribution in [3.05, 3.63) is 12.7 Å². The molecule has 1 heterocycles. The first-order valence-electron chi connectivity index (χ1n) is 6.81. The standard InChI is InChI=1S/C14H26N2/c1-3-7-14(8-5-4-6-9-14)16-12-10-15(2)11-13-16/h3H,1,4-13H2,2H3. The third kappa shape index (κ3) is 2.49. The van der Waals surface area contributed by atoms with E-state index in [1.165, 1.54) is 64.7 Å². The van der Waals surface area contributed by atoms with E-state index in [0.29, 0.717) is 5.54 Å². The fourth-order valence-corrected chi connectivity index (χ4v) is 3.41. The quantitative estimate of drug-likeness (QED) is 0.677. The van der Waals surface area contributed by atoms with Crippen LogP contribution in [0.15, 0.2) is 12.7 Å². The van der Waals surface area contributed by atoms with Crippen molar-refractivity contribution in [1.29, 1.82) is 0 Å². The normalized spacial score (nSPS) is 27.8. The molecule has 0 aromatic rings. The number of rotatable bonds is 3. The van der Waals surface area contributed by atoms with Gasteiger partial charge in [0.1, 0.15) is 0 Å². The summed E-state index contributed by atoms with van der Waals surface area (Å²) >= 11 is 0. The first-order chi connectivity index (χ1) is 7.77. The predicted molar refractivity (Wildman–Crippen MR) is 69.7 cm³/mol. The molecule has 0 N–H and O–H groups in total. The summed E-state index contributed by atoms with van der Waals surface area (Å²) in [5.74, 6) is 0. The maximum absolute atomic E-state index is 3.97. The van der Waals surface area contributed by atoms with Gasteiger partial charge in [0, 0.05) is 31.7 Å². The minimum atomic E-state index is 0.473. The van der Waals surface area contributed by atoms with Crippen LogP contribution in [0.2, 0.25) is 0 Å². The predicted octanol–water partition coefficient (Wildman–Crippen LogP) is 2.51. The number of piperazine rings is 1. The van der Waals surface area contributed by atoms with Gasteiger partial charge in [0.25, 0.3) is 0 Å². The zero-order chi connectivity index (χ0) is 11.4. The van der Waals surface area contributed by atoms with Gasteiger partial charge in [0.15, 0.2) is 0 Å². The lowest BCUT2D eigenvalue weighted by Crippen LogP contribution is -2.57. The highest BCUT2D eigenvalue weighted by Crippen LogP contribution is 2.37. The molecule has 0 amide bonds. The van der Waals surface area contributed by atoms with Crippen molar-refractivity contribution in [2.75, 3.05) is 33.2 Å². The molecule has 1 saturated heterocycles. The van der Waals surface area contributed by atoms with Gasteiger partial charge in [-0.25, -0.2) is 0 Å². The Morgan fingerprint density at radius 3 is 2.25 bits per heavy atom. The van der Waals surface area contributed by atoms with Crippen LogP contribution in [0.25, 0.3) is 0 Å². The molecule has 0 radical (unpaired) electrons.